The Hall–Kier alpha value is -0.220. The van der Waals surface area contributed by atoms with Crippen molar-refractivity contribution in [2.24, 2.45) is 10.9 Å². The van der Waals surface area contributed by atoms with Gasteiger partial charge in [0.25, 0.3) is 0 Å². The molecule has 18 heavy (non-hydrogen) atoms. The monoisotopic (exact) mass is 269 g/mol. The lowest BCUT2D eigenvalue weighted by atomic mass is 9.96. The van der Waals surface area contributed by atoms with Gasteiger partial charge in [0.1, 0.15) is 0 Å². The highest BCUT2D eigenvalue weighted by Gasteiger charge is 2.36. The van der Waals surface area contributed by atoms with Gasteiger partial charge in [0, 0.05) is 17.3 Å². The van der Waals surface area contributed by atoms with Gasteiger partial charge >= 0.3 is 0 Å². The van der Waals surface area contributed by atoms with Crippen LogP contribution in [0.25, 0.3) is 0 Å². The summed E-state index contributed by atoms with van der Waals surface area (Å²) in [5.41, 5.74) is 0.360. The van der Waals surface area contributed by atoms with Crippen LogP contribution in [0.2, 0.25) is 0 Å². The quantitative estimate of drug-likeness (QED) is 0.850. The van der Waals surface area contributed by atoms with Crippen LogP contribution in [0.5, 0.6) is 0 Å². The normalized spacial score (nSPS) is 27.0. The molecule has 0 spiro atoms. The first-order valence-electron chi connectivity index (χ1n) is 7.16. The second-order valence-corrected chi connectivity index (χ2v) is 7.45. The maximum atomic E-state index is 4.64. The number of aliphatic imine (C=N–C) groups is 1. The molecule has 1 aliphatic carbocycles. The van der Waals surface area contributed by atoms with Gasteiger partial charge in [0.2, 0.25) is 0 Å². The summed E-state index contributed by atoms with van der Waals surface area (Å²) in [6, 6.07) is 0. The topological polar surface area (TPSA) is 27.6 Å². The molecule has 0 amide bonds. The Morgan fingerprint density at radius 2 is 2.06 bits per heavy atom. The van der Waals surface area contributed by atoms with Crippen molar-refractivity contribution in [2.45, 2.75) is 50.3 Å². The Balaban J connectivity index is 1.84. The fraction of sp³-hybridized carbons (Fsp3) is 0.929. The van der Waals surface area contributed by atoms with Crippen LogP contribution in [-0.4, -0.2) is 48.0 Å². The average molecular weight is 269 g/mol. The van der Waals surface area contributed by atoms with E-state index in [0.717, 1.165) is 13.1 Å². The predicted molar refractivity (Wildman–Crippen MR) is 81.4 cm³/mol. The standard InChI is InChI=1S/C14H27N3S/c1-11(2)12-9-15-13(18-12)16-10-14(17(3)4)7-5-6-8-14/h11-12H,5-10H2,1-4H3,(H,15,16). The molecule has 0 aromatic rings. The van der Waals surface area contributed by atoms with Gasteiger partial charge in [-0.05, 0) is 32.9 Å². The van der Waals surface area contributed by atoms with Crippen LogP contribution < -0.4 is 5.32 Å². The average Bonchev–Trinajstić information content (AvgIpc) is 2.96. The van der Waals surface area contributed by atoms with Crippen molar-refractivity contribution in [2.75, 3.05) is 27.2 Å². The maximum absolute atomic E-state index is 4.64. The zero-order valence-corrected chi connectivity index (χ0v) is 13.0. The molecule has 2 aliphatic rings. The summed E-state index contributed by atoms with van der Waals surface area (Å²) in [5.74, 6) is 0.715. The van der Waals surface area contributed by atoms with Crippen LogP contribution in [0.3, 0.4) is 0 Å². The lowest BCUT2D eigenvalue weighted by molar-refractivity contribution is 0.161. The van der Waals surface area contributed by atoms with Crippen LogP contribution in [0.1, 0.15) is 39.5 Å². The highest BCUT2D eigenvalue weighted by molar-refractivity contribution is 8.14. The first kappa shape index (κ1) is 14.2. The summed E-state index contributed by atoms with van der Waals surface area (Å²) in [7, 11) is 4.43. The largest absolute Gasteiger partial charge is 0.363 e. The van der Waals surface area contributed by atoms with Crippen LogP contribution in [0.4, 0.5) is 0 Å². The first-order valence-corrected chi connectivity index (χ1v) is 8.04. The SMILES string of the molecule is CC(C)C1CN=C(NCC2(N(C)C)CCCC2)S1. The van der Waals surface area contributed by atoms with Gasteiger partial charge in [0.15, 0.2) is 5.17 Å². The number of nitrogens with zero attached hydrogens (tertiary/aromatic N) is 2. The van der Waals surface area contributed by atoms with E-state index in [4.69, 9.17) is 0 Å². The van der Waals surface area contributed by atoms with E-state index >= 15 is 0 Å². The van der Waals surface area contributed by atoms with E-state index in [1.165, 1.54) is 30.9 Å². The van der Waals surface area contributed by atoms with Crippen molar-refractivity contribution in [3.8, 4) is 0 Å². The minimum atomic E-state index is 0.360. The van der Waals surface area contributed by atoms with Gasteiger partial charge < -0.3 is 10.2 Å². The van der Waals surface area contributed by atoms with E-state index in [0.29, 0.717) is 16.7 Å². The zero-order valence-electron chi connectivity index (χ0n) is 12.2. The third-order valence-corrected chi connectivity index (χ3v) is 5.97. The smallest absolute Gasteiger partial charge is 0.156 e. The summed E-state index contributed by atoms with van der Waals surface area (Å²) in [4.78, 5) is 7.05. The highest BCUT2D eigenvalue weighted by atomic mass is 32.2. The van der Waals surface area contributed by atoms with Gasteiger partial charge in [-0.25, -0.2) is 0 Å². The number of rotatable bonds is 4. The van der Waals surface area contributed by atoms with E-state index in [2.05, 4.69) is 43.2 Å². The first-order chi connectivity index (χ1) is 8.53. The summed E-state index contributed by atoms with van der Waals surface area (Å²) >= 11 is 1.93. The summed E-state index contributed by atoms with van der Waals surface area (Å²) in [6.07, 6.45) is 5.37. The van der Waals surface area contributed by atoms with Crippen molar-refractivity contribution < 1.29 is 0 Å². The van der Waals surface area contributed by atoms with Gasteiger partial charge in [-0.2, -0.15) is 0 Å². The van der Waals surface area contributed by atoms with Gasteiger partial charge in [0.05, 0.1) is 6.54 Å². The van der Waals surface area contributed by atoms with Crippen LogP contribution in [0.15, 0.2) is 4.99 Å². The molecule has 4 heteroatoms. The third-order valence-electron chi connectivity index (χ3n) is 4.47. The number of hydrogen-bond donors (Lipinski definition) is 1. The second kappa shape index (κ2) is 5.83. The maximum Gasteiger partial charge on any atom is 0.156 e. The molecule has 104 valence electrons. The fourth-order valence-corrected chi connectivity index (χ4v) is 3.90. The van der Waals surface area contributed by atoms with Gasteiger partial charge in [-0.3, -0.25) is 4.99 Å². The van der Waals surface area contributed by atoms with Crippen molar-refractivity contribution in [3.05, 3.63) is 0 Å². The molecule has 0 radical (unpaired) electrons. The Kier molecular flexibility index (Phi) is 4.59. The summed E-state index contributed by atoms with van der Waals surface area (Å²) in [5, 5.41) is 5.44. The predicted octanol–water partition coefficient (Wildman–Crippen LogP) is 2.58. The highest BCUT2D eigenvalue weighted by Crippen LogP contribution is 2.34. The Labute approximate surface area is 116 Å². The number of amidine groups is 1. The Morgan fingerprint density at radius 3 is 2.56 bits per heavy atom. The van der Waals surface area contributed by atoms with E-state index in [1.54, 1.807) is 0 Å². The molecule has 1 aliphatic heterocycles. The van der Waals surface area contributed by atoms with E-state index in [9.17, 15) is 0 Å². The number of nitrogens with one attached hydrogen (secondary N) is 1. The third kappa shape index (κ3) is 3.02. The summed E-state index contributed by atoms with van der Waals surface area (Å²) in [6.45, 7) is 6.61. The second-order valence-electron chi connectivity index (χ2n) is 6.23. The molecular formula is C14H27N3S. The van der Waals surface area contributed by atoms with Gasteiger partial charge in [-0.1, -0.05) is 38.5 Å². The molecule has 0 bridgehead atoms. The van der Waals surface area contributed by atoms with Crippen molar-refractivity contribution in [3.63, 3.8) is 0 Å². The van der Waals surface area contributed by atoms with Crippen LogP contribution >= 0.6 is 11.8 Å². The zero-order chi connectivity index (χ0) is 13.2. The van der Waals surface area contributed by atoms with E-state index in [1.807, 2.05) is 11.8 Å². The molecule has 0 aromatic heterocycles. The molecule has 1 fully saturated rings. The number of hydrogen-bond acceptors (Lipinski definition) is 4. The molecule has 2 rings (SSSR count). The lowest BCUT2D eigenvalue weighted by Crippen LogP contribution is -2.50. The lowest BCUT2D eigenvalue weighted by Gasteiger charge is -2.36. The van der Waals surface area contributed by atoms with E-state index < -0.39 is 0 Å². The Bertz CT molecular complexity index is 306. The minimum Gasteiger partial charge on any atom is -0.363 e. The summed E-state index contributed by atoms with van der Waals surface area (Å²) < 4.78 is 0. The molecule has 1 unspecified atom stereocenters. The minimum absolute atomic E-state index is 0.360. The molecule has 1 heterocycles. The number of likely N-dealkylation sites (N-methyl/N-ethyl adjacent to an activating group) is 1. The molecule has 0 aromatic carbocycles. The molecular weight excluding hydrogens is 242 g/mol. The van der Waals surface area contributed by atoms with Crippen LogP contribution in [0, 0.1) is 5.92 Å². The Morgan fingerprint density at radius 1 is 1.39 bits per heavy atom. The van der Waals surface area contributed by atoms with Crippen molar-refractivity contribution in [1.82, 2.24) is 10.2 Å². The van der Waals surface area contributed by atoms with Crippen molar-refractivity contribution >= 4 is 16.9 Å². The fourth-order valence-electron chi connectivity index (χ4n) is 2.89. The van der Waals surface area contributed by atoms with Crippen molar-refractivity contribution in [1.29, 1.82) is 0 Å². The van der Waals surface area contributed by atoms with Crippen LogP contribution in [-0.2, 0) is 0 Å². The molecule has 1 N–H and O–H groups in total. The molecule has 1 atom stereocenters. The molecule has 3 nitrogen and oxygen atoms in total. The van der Waals surface area contributed by atoms with E-state index in [-0.39, 0.29) is 0 Å². The molecule has 0 saturated heterocycles. The molecule has 1 saturated carbocycles. The number of thioether (sulfide) groups is 1. The van der Waals surface area contributed by atoms with Gasteiger partial charge in [-0.15, -0.1) is 0 Å².